The molecule has 33 heavy (non-hydrogen) atoms. The fraction of sp³-hybridized carbons (Fsp3) is 0.222. The van der Waals surface area contributed by atoms with Gasteiger partial charge in [0, 0.05) is 18.1 Å². The molecule has 2 aliphatic heterocycles. The van der Waals surface area contributed by atoms with Gasteiger partial charge in [0.15, 0.2) is 0 Å². The van der Waals surface area contributed by atoms with Gasteiger partial charge in [-0.2, -0.15) is 5.26 Å². The predicted molar refractivity (Wildman–Crippen MR) is 135 cm³/mol. The molecule has 0 unspecified atom stereocenters. The van der Waals surface area contributed by atoms with E-state index in [1.807, 2.05) is 30.3 Å². The molecule has 0 amide bonds. The number of rotatable bonds is 5. The number of thioether (sulfide) groups is 1. The predicted octanol–water partition coefficient (Wildman–Crippen LogP) is 6.06. The summed E-state index contributed by atoms with van der Waals surface area (Å²) in [4.78, 5) is 7.13. The molecule has 1 atom stereocenters. The van der Waals surface area contributed by atoms with Crippen molar-refractivity contribution in [3.63, 3.8) is 0 Å². The average molecular weight is 473 g/mol. The van der Waals surface area contributed by atoms with Crippen LogP contribution in [0.5, 0.6) is 0 Å². The second-order valence-electron chi connectivity index (χ2n) is 8.40. The molecular weight excluding hydrogens is 448 g/mol. The third kappa shape index (κ3) is 4.80. The molecule has 1 fully saturated rings. The molecule has 0 aromatic heterocycles. The van der Waals surface area contributed by atoms with Gasteiger partial charge in [0.25, 0.3) is 0 Å². The van der Waals surface area contributed by atoms with Crippen molar-refractivity contribution in [1.82, 2.24) is 14.7 Å². The number of hydrogen-bond donors (Lipinski definition) is 0. The lowest BCUT2D eigenvalue weighted by Crippen LogP contribution is -2.50. The summed E-state index contributed by atoms with van der Waals surface area (Å²) in [5.41, 5.74) is 4.31. The zero-order chi connectivity index (χ0) is 22.6. The van der Waals surface area contributed by atoms with E-state index >= 15 is 0 Å². The lowest BCUT2D eigenvalue weighted by atomic mass is 9.96. The summed E-state index contributed by atoms with van der Waals surface area (Å²) in [5, 5.41) is 12.1. The SMILES string of the molecule is N#CC1=C2SCN(Cc3ccccc3)CN2CN(Cc2ccccc2)[C@H]1c1ccccc1Cl. The van der Waals surface area contributed by atoms with Gasteiger partial charge < -0.3 is 4.90 Å². The van der Waals surface area contributed by atoms with Crippen LogP contribution >= 0.6 is 23.4 Å². The van der Waals surface area contributed by atoms with Crippen molar-refractivity contribution in [1.29, 1.82) is 5.26 Å². The fourth-order valence-electron chi connectivity index (χ4n) is 4.60. The van der Waals surface area contributed by atoms with Gasteiger partial charge in [0.05, 0.1) is 41.9 Å². The lowest BCUT2D eigenvalue weighted by Gasteiger charge is -2.47. The number of halogens is 1. The Morgan fingerprint density at radius 2 is 1.48 bits per heavy atom. The molecule has 3 aromatic carbocycles. The van der Waals surface area contributed by atoms with Crippen LogP contribution < -0.4 is 0 Å². The van der Waals surface area contributed by atoms with Crippen LogP contribution in [0, 0.1) is 11.3 Å². The van der Waals surface area contributed by atoms with Crippen LogP contribution in [0.15, 0.2) is 95.5 Å². The maximum Gasteiger partial charge on any atom is 0.0995 e. The first kappa shape index (κ1) is 22.1. The summed E-state index contributed by atoms with van der Waals surface area (Å²) in [5.74, 6) is 0.861. The van der Waals surface area contributed by atoms with E-state index in [1.165, 1.54) is 11.1 Å². The number of fused-ring (bicyclic) bond motifs is 1. The van der Waals surface area contributed by atoms with E-state index in [0.29, 0.717) is 5.02 Å². The molecule has 0 spiro atoms. The molecule has 3 aromatic rings. The largest absolute Gasteiger partial charge is 0.339 e. The first-order valence-corrected chi connectivity index (χ1v) is 12.4. The van der Waals surface area contributed by atoms with Crippen molar-refractivity contribution in [3.05, 3.63) is 117 Å². The Morgan fingerprint density at radius 1 is 0.848 bits per heavy atom. The molecule has 166 valence electrons. The number of benzene rings is 3. The first-order chi connectivity index (χ1) is 16.2. The molecule has 2 heterocycles. The van der Waals surface area contributed by atoms with Crippen LogP contribution in [0.3, 0.4) is 0 Å². The van der Waals surface area contributed by atoms with Gasteiger partial charge in [-0.3, -0.25) is 9.80 Å². The van der Waals surface area contributed by atoms with E-state index in [0.717, 1.165) is 48.5 Å². The standard InChI is InChI=1S/C27H25ClN4S/c28-25-14-8-7-13-23(25)26-24(15-29)27-32(19-31(26)17-22-11-5-2-6-12-22)18-30(20-33-27)16-21-9-3-1-4-10-21/h1-14,26H,16-20H2/t26-/m0/s1. The highest BCUT2D eigenvalue weighted by atomic mass is 35.5. The molecule has 5 rings (SSSR count). The van der Waals surface area contributed by atoms with Crippen molar-refractivity contribution in [2.45, 2.75) is 19.1 Å². The van der Waals surface area contributed by atoms with Gasteiger partial charge in [0.2, 0.25) is 0 Å². The molecule has 6 heteroatoms. The summed E-state index contributed by atoms with van der Waals surface area (Å²) in [6, 6.07) is 31.3. The summed E-state index contributed by atoms with van der Waals surface area (Å²) in [6.45, 7) is 3.17. The molecule has 0 bridgehead atoms. The highest BCUT2D eigenvalue weighted by Gasteiger charge is 2.38. The van der Waals surface area contributed by atoms with Crippen LogP contribution in [0.25, 0.3) is 0 Å². The Labute approximate surface area is 204 Å². The molecule has 1 saturated heterocycles. The van der Waals surface area contributed by atoms with Crippen molar-refractivity contribution in [3.8, 4) is 6.07 Å². The topological polar surface area (TPSA) is 33.5 Å². The second kappa shape index (κ2) is 10.0. The molecule has 0 radical (unpaired) electrons. The minimum absolute atomic E-state index is 0.164. The normalized spacial score (nSPS) is 19.3. The molecule has 0 aliphatic carbocycles. The van der Waals surface area contributed by atoms with E-state index < -0.39 is 0 Å². The summed E-state index contributed by atoms with van der Waals surface area (Å²) in [7, 11) is 0. The van der Waals surface area contributed by atoms with Gasteiger partial charge >= 0.3 is 0 Å². The highest BCUT2D eigenvalue weighted by Crippen LogP contribution is 2.44. The second-order valence-corrected chi connectivity index (χ2v) is 9.74. The average Bonchev–Trinajstić information content (AvgIpc) is 2.85. The molecule has 2 aliphatic rings. The van der Waals surface area contributed by atoms with Gasteiger partial charge in [-0.05, 0) is 22.8 Å². The van der Waals surface area contributed by atoms with Gasteiger partial charge in [-0.1, -0.05) is 102 Å². The molecule has 0 saturated carbocycles. The van der Waals surface area contributed by atoms with Crippen molar-refractivity contribution in [2.24, 2.45) is 0 Å². The third-order valence-electron chi connectivity index (χ3n) is 6.06. The van der Waals surface area contributed by atoms with Crippen LogP contribution in [-0.2, 0) is 13.1 Å². The Bertz CT molecular complexity index is 1180. The monoisotopic (exact) mass is 472 g/mol. The Morgan fingerprint density at radius 3 is 2.15 bits per heavy atom. The quantitative estimate of drug-likeness (QED) is 0.451. The smallest absolute Gasteiger partial charge is 0.0995 e. The third-order valence-corrected chi connectivity index (χ3v) is 7.65. The first-order valence-electron chi connectivity index (χ1n) is 11.0. The number of nitriles is 1. The Balaban J connectivity index is 1.48. The van der Waals surface area contributed by atoms with Crippen molar-refractivity contribution in [2.75, 3.05) is 19.2 Å². The summed E-state index contributed by atoms with van der Waals surface area (Å²) < 4.78 is 0. The Kier molecular flexibility index (Phi) is 6.70. The minimum atomic E-state index is -0.164. The lowest BCUT2D eigenvalue weighted by molar-refractivity contribution is 0.0630. The van der Waals surface area contributed by atoms with Crippen molar-refractivity contribution >= 4 is 23.4 Å². The van der Waals surface area contributed by atoms with E-state index in [1.54, 1.807) is 11.8 Å². The van der Waals surface area contributed by atoms with Crippen LogP contribution in [0.4, 0.5) is 0 Å². The van der Waals surface area contributed by atoms with E-state index in [-0.39, 0.29) is 6.04 Å². The van der Waals surface area contributed by atoms with Crippen LogP contribution in [-0.4, -0.2) is 33.9 Å². The van der Waals surface area contributed by atoms with Gasteiger partial charge in [-0.25, -0.2) is 0 Å². The van der Waals surface area contributed by atoms with Crippen LogP contribution in [0.2, 0.25) is 5.02 Å². The maximum absolute atomic E-state index is 10.3. The minimum Gasteiger partial charge on any atom is -0.339 e. The zero-order valence-electron chi connectivity index (χ0n) is 18.3. The van der Waals surface area contributed by atoms with Crippen LogP contribution in [0.1, 0.15) is 22.7 Å². The maximum atomic E-state index is 10.3. The van der Waals surface area contributed by atoms with E-state index in [9.17, 15) is 5.26 Å². The highest BCUT2D eigenvalue weighted by molar-refractivity contribution is 8.03. The summed E-state index contributed by atoms with van der Waals surface area (Å²) >= 11 is 8.41. The van der Waals surface area contributed by atoms with E-state index in [2.05, 4.69) is 75.4 Å². The zero-order valence-corrected chi connectivity index (χ0v) is 19.8. The van der Waals surface area contributed by atoms with E-state index in [4.69, 9.17) is 11.6 Å². The Hall–Kier alpha value is -2.75. The van der Waals surface area contributed by atoms with Crippen molar-refractivity contribution < 1.29 is 0 Å². The molecular formula is C27H25ClN4S. The number of nitrogens with zero attached hydrogens (tertiary/aromatic N) is 4. The van der Waals surface area contributed by atoms with Gasteiger partial charge in [0.1, 0.15) is 0 Å². The van der Waals surface area contributed by atoms with Gasteiger partial charge in [-0.15, -0.1) is 0 Å². The molecule has 0 N–H and O–H groups in total. The number of hydrogen-bond acceptors (Lipinski definition) is 5. The summed E-state index contributed by atoms with van der Waals surface area (Å²) in [6.07, 6.45) is 0. The fourth-order valence-corrected chi connectivity index (χ4v) is 5.93. The molecule has 4 nitrogen and oxygen atoms in total.